The molecule has 2 rings (SSSR count). The van der Waals surface area contributed by atoms with E-state index in [0.29, 0.717) is 6.54 Å². The van der Waals surface area contributed by atoms with Crippen LogP contribution in [0.2, 0.25) is 5.02 Å². The highest BCUT2D eigenvalue weighted by Crippen LogP contribution is 2.29. The molecule has 0 fully saturated rings. The first kappa shape index (κ1) is 16.4. The Morgan fingerprint density at radius 1 is 1.05 bits per heavy atom. The number of rotatable bonds is 4. The Morgan fingerprint density at radius 3 is 2.24 bits per heavy atom. The molecule has 0 unspecified atom stereocenters. The molecule has 0 amide bonds. The van der Waals surface area contributed by atoms with Crippen LogP contribution < -0.4 is 5.73 Å². The minimum absolute atomic E-state index is 0.199. The van der Waals surface area contributed by atoms with Crippen molar-refractivity contribution < 1.29 is 0 Å². The van der Waals surface area contributed by atoms with Gasteiger partial charge >= 0.3 is 0 Å². The van der Waals surface area contributed by atoms with Crippen LogP contribution in [0, 0.1) is 0 Å². The van der Waals surface area contributed by atoms with E-state index in [1.807, 2.05) is 12.1 Å². The Kier molecular flexibility index (Phi) is 5.37. The maximum absolute atomic E-state index is 6.29. The number of benzene rings is 2. The predicted molar refractivity (Wildman–Crippen MR) is 94.0 cm³/mol. The van der Waals surface area contributed by atoms with Crippen LogP contribution in [0.25, 0.3) is 0 Å². The molecular weight excluding hydrogens is 298 g/mol. The summed E-state index contributed by atoms with van der Waals surface area (Å²) in [4.78, 5) is 1.27. The molecule has 0 spiro atoms. The van der Waals surface area contributed by atoms with E-state index in [1.54, 1.807) is 11.8 Å². The fourth-order valence-corrected chi connectivity index (χ4v) is 3.30. The molecule has 2 aromatic rings. The molecule has 0 heterocycles. The third-order valence-electron chi connectivity index (χ3n) is 3.47. The quantitative estimate of drug-likeness (QED) is 0.765. The van der Waals surface area contributed by atoms with Crippen molar-refractivity contribution in [3.63, 3.8) is 0 Å². The third kappa shape index (κ3) is 4.50. The average molecular weight is 320 g/mol. The molecule has 0 aliphatic carbocycles. The molecule has 3 heteroatoms. The summed E-state index contributed by atoms with van der Waals surface area (Å²) < 4.78 is 0. The van der Waals surface area contributed by atoms with Crippen LogP contribution in [-0.2, 0) is 17.7 Å². The fraction of sp³-hybridized carbons (Fsp3) is 0.333. The summed E-state index contributed by atoms with van der Waals surface area (Å²) in [7, 11) is 0. The molecule has 112 valence electrons. The fourth-order valence-electron chi connectivity index (χ4n) is 2.05. The number of hydrogen-bond acceptors (Lipinski definition) is 2. The summed E-state index contributed by atoms with van der Waals surface area (Å²) in [6, 6.07) is 14.9. The van der Waals surface area contributed by atoms with Gasteiger partial charge in [-0.3, -0.25) is 0 Å². The van der Waals surface area contributed by atoms with Gasteiger partial charge in [-0.2, -0.15) is 0 Å². The highest BCUT2D eigenvalue weighted by Gasteiger charge is 2.12. The number of thioether (sulfide) groups is 1. The summed E-state index contributed by atoms with van der Waals surface area (Å²) in [5, 5.41) is 0.803. The van der Waals surface area contributed by atoms with Crippen LogP contribution in [-0.4, -0.2) is 0 Å². The van der Waals surface area contributed by atoms with Crippen LogP contribution in [0.5, 0.6) is 0 Å². The summed E-state index contributed by atoms with van der Waals surface area (Å²) >= 11 is 8.10. The molecule has 21 heavy (non-hydrogen) atoms. The van der Waals surface area contributed by atoms with Gasteiger partial charge in [0.1, 0.15) is 0 Å². The Bertz CT molecular complexity index is 600. The standard InChI is InChI=1S/C18H22ClNS/c1-18(2,3)15-6-8-16(9-7-15)21-12-14-5-4-13(11-20)10-17(14)19/h4-10H,11-12,20H2,1-3H3. The normalized spacial score (nSPS) is 11.7. The first-order valence-electron chi connectivity index (χ1n) is 7.11. The van der Waals surface area contributed by atoms with E-state index in [0.717, 1.165) is 21.9 Å². The Hall–Kier alpha value is -0.960. The first-order valence-corrected chi connectivity index (χ1v) is 8.47. The van der Waals surface area contributed by atoms with Crippen molar-refractivity contribution in [1.29, 1.82) is 0 Å². The second-order valence-corrected chi connectivity index (χ2v) is 7.65. The minimum Gasteiger partial charge on any atom is -0.326 e. The topological polar surface area (TPSA) is 26.0 Å². The van der Waals surface area contributed by atoms with Gasteiger partial charge in [0.15, 0.2) is 0 Å². The van der Waals surface area contributed by atoms with Gasteiger partial charge in [0.05, 0.1) is 0 Å². The lowest BCUT2D eigenvalue weighted by Gasteiger charge is -2.19. The maximum atomic E-state index is 6.29. The zero-order chi connectivity index (χ0) is 15.5. The molecule has 0 aliphatic heterocycles. The molecule has 0 aliphatic rings. The third-order valence-corrected chi connectivity index (χ3v) is 4.88. The van der Waals surface area contributed by atoms with Crippen LogP contribution in [0.4, 0.5) is 0 Å². The van der Waals surface area contributed by atoms with E-state index in [4.69, 9.17) is 17.3 Å². The average Bonchev–Trinajstić information content (AvgIpc) is 2.45. The lowest BCUT2D eigenvalue weighted by molar-refractivity contribution is 0.590. The maximum Gasteiger partial charge on any atom is 0.0449 e. The summed E-state index contributed by atoms with van der Waals surface area (Å²) in [5.41, 5.74) is 9.40. The van der Waals surface area contributed by atoms with Gasteiger partial charge in [0.25, 0.3) is 0 Å². The molecule has 0 atom stereocenters. The number of halogens is 1. The molecule has 0 saturated heterocycles. The van der Waals surface area contributed by atoms with E-state index in [9.17, 15) is 0 Å². The Balaban J connectivity index is 2.03. The predicted octanol–water partition coefficient (Wildman–Crippen LogP) is 5.39. The molecule has 2 aromatic carbocycles. The van der Waals surface area contributed by atoms with Gasteiger partial charge in [0, 0.05) is 22.2 Å². The van der Waals surface area contributed by atoms with Crippen LogP contribution in [0.15, 0.2) is 47.4 Å². The lowest BCUT2D eigenvalue weighted by atomic mass is 9.87. The molecule has 0 radical (unpaired) electrons. The van der Waals surface area contributed by atoms with Crippen molar-refractivity contribution in [1.82, 2.24) is 0 Å². The van der Waals surface area contributed by atoms with Crippen molar-refractivity contribution in [2.45, 2.75) is 43.4 Å². The number of nitrogens with two attached hydrogens (primary N) is 1. The zero-order valence-corrected chi connectivity index (χ0v) is 14.4. The number of hydrogen-bond donors (Lipinski definition) is 1. The highest BCUT2D eigenvalue weighted by molar-refractivity contribution is 7.98. The van der Waals surface area contributed by atoms with Crippen molar-refractivity contribution in [2.24, 2.45) is 5.73 Å². The second kappa shape index (κ2) is 6.87. The van der Waals surface area contributed by atoms with E-state index in [2.05, 4.69) is 51.1 Å². The smallest absolute Gasteiger partial charge is 0.0449 e. The van der Waals surface area contributed by atoms with Gasteiger partial charge in [-0.25, -0.2) is 0 Å². The van der Waals surface area contributed by atoms with Crippen molar-refractivity contribution in [2.75, 3.05) is 0 Å². The van der Waals surface area contributed by atoms with Crippen molar-refractivity contribution >= 4 is 23.4 Å². The van der Waals surface area contributed by atoms with Crippen LogP contribution in [0.1, 0.15) is 37.5 Å². The monoisotopic (exact) mass is 319 g/mol. The van der Waals surface area contributed by atoms with Crippen LogP contribution in [0.3, 0.4) is 0 Å². The van der Waals surface area contributed by atoms with E-state index in [1.165, 1.54) is 10.5 Å². The lowest BCUT2D eigenvalue weighted by Crippen LogP contribution is -2.10. The van der Waals surface area contributed by atoms with Gasteiger partial charge in [-0.1, -0.05) is 56.6 Å². The van der Waals surface area contributed by atoms with Gasteiger partial charge in [0.2, 0.25) is 0 Å². The van der Waals surface area contributed by atoms with Gasteiger partial charge < -0.3 is 5.73 Å². The molecule has 0 saturated carbocycles. The molecule has 1 nitrogen and oxygen atoms in total. The minimum atomic E-state index is 0.199. The van der Waals surface area contributed by atoms with Crippen molar-refractivity contribution in [3.05, 3.63) is 64.2 Å². The molecule has 0 aromatic heterocycles. The van der Waals surface area contributed by atoms with Crippen LogP contribution >= 0.6 is 23.4 Å². The van der Waals surface area contributed by atoms with Gasteiger partial charge in [-0.05, 0) is 40.3 Å². The van der Waals surface area contributed by atoms with E-state index < -0.39 is 0 Å². The summed E-state index contributed by atoms with van der Waals surface area (Å²) in [6.07, 6.45) is 0. The zero-order valence-electron chi connectivity index (χ0n) is 12.8. The highest BCUT2D eigenvalue weighted by atomic mass is 35.5. The first-order chi connectivity index (χ1) is 9.90. The van der Waals surface area contributed by atoms with Gasteiger partial charge in [-0.15, -0.1) is 11.8 Å². The van der Waals surface area contributed by atoms with E-state index in [-0.39, 0.29) is 5.41 Å². The SMILES string of the molecule is CC(C)(C)c1ccc(SCc2ccc(CN)cc2Cl)cc1. The summed E-state index contributed by atoms with van der Waals surface area (Å²) in [5.74, 6) is 0.874. The second-order valence-electron chi connectivity index (χ2n) is 6.19. The molecule has 0 bridgehead atoms. The Morgan fingerprint density at radius 2 is 1.71 bits per heavy atom. The molecule has 2 N–H and O–H groups in total. The van der Waals surface area contributed by atoms with E-state index >= 15 is 0 Å². The molecular formula is C18H22ClNS. The Labute approximate surface area is 136 Å². The summed E-state index contributed by atoms with van der Waals surface area (Å²) in [6.45, 7) is 7.22. The largest absolute Gasteiger partial charge is 0.326 e. The van der Waals surface area contributed by atoms with Crippen molar-refractivity contribution in [3.8, 4) is 0 Å².